The second-order valence-electron chi connectivity index (χ2n) is 5.02. The molecule has 2 heteroatoms. The zero-order valence-electron chi connectivity index (χ0n) is 10.2. The fourth-order valence-corrected chi connectivity index (χ4v) is 3.92. The molecule has 0 saturated heterocycles. The first-order chi connectivity index (χ1) is 7.11. The molecule has 1 aliphatic heterocycles. The van der Waals surface area contributed by atoms with E-state index in [4.69, 9.17) is 0 Å². The summed E-state index contributed by atoms with van der Waals surface area (Å²) in [6, 6.07) is 0. The zero-order chi connectivity index (χ0) is 11.0. The fraction of sp³-hybridized carbons (Fsp3) is 0.692. The van der Waals surface area contributed by atoms with Gasteiger partial charge in [0.2, 0.25) is 0 Å². The molecular weight excluding hydrogens is 202 g/mol. The lowest BCUT2D eigenvalue weighted by atomic mass is 9.91. The molecular formula is C13H21NS. The average Bonchev–Trinajstić information content (AvgIpc) is 2.56. The van der Waals surface area contributed by atoms with Crippen molar-refractivity contribution in [3.05, 3.63) is 20.9 Å². The van der Waals surface area contributed by atoms with Crippen molar-refractivity contribution in [3.8, 4) is 0 Å². The summed E-state index contributed by atoms with van der Waals surface area (Å²) in [6.45, 7) is 11.5. The molecule has 2 rings (SSSR count). The molecule has 1 aromatic heterocycles. The number of hydrogen-bond donors (Lipinski definition) is 1. The summed E-state index contributed by atoms with van der Waals surface area (Å²) in [5, 5.41) is 3.47. The van der Waals surface area contributed by atoms with E-state index in [1.807, 2.05) is 11.3 Å². The van der Waals surface area contributed by atoms with Crippen LogP contribution in [0.15, 0.2) is 0 Å². The molecule has 0 unspecified atom stereocenters. The molecule has 84 valence electrons. The second-order valence-corrected chi connectivity index (χ2v) is 6.15. The van der Waals surface area contributed by atoms with Gasteiger partial charge in [0.25, 0.3) is 0 Å². The average molecular weight is 223 g/mol. The third-order valence-electron chi connectivity index (χ3n) is 3.10. The summed E-state index contributed by atoms with van der Waals surface area (Å²) >= 11 is 2.04. The maximum Gasteiger partial charge on any atom is 0.0302 e. The van der Waals surface area contributed by atoms with Gasteiger partial charge in [0.05, 0.1) is 0 Å². The Morgan fingerprint density at radius 2 is 1.87 bits per heavy atom. The van der Waals surface area contributed by atoms with Crippen LogP contribution in [-0.4, -0.2) is 6.54 Å². The predicted molar refractivity (Wildman–Crippen MR) is 67.9 cm³/mol. The lowest BCUT2D eigenvalue weighted by molar-refractivity contribution is 0.645. The van der Waals surface area contributed by atoms with E-state index in [1.165, 1.54) is 6.42 Å². The van der Waals surface area contributed by atoms with Crippen molar-refractivity contribution in [1.82, 2.24) is 5.32 Å². The summed E-state index contributed by atoms with van der Waals surface area (Å²) in [5.41, 5.74) is 3.32. The third kappa shape index (κ3) is 1.98. The number of fused-ring (bicyclic) bond motifs is 1. The number of rotatable bonds is 2. The van der Waals surface area contributed by atoms with Crippen LogP contribution in [0, 0.1) is 0 Å². The van der Waals surface area contributed by atoms with E-state index < -0.39 is 0 Å². The molecule has 0 atom stereocenters. The molecule has 0 bridgehead atoms. The van der Waals surface area contributed by atoms with Gasteiger partial charge in [-0.05, 0) is 35.9 Å². The molecule has 0 radical (unpaired) electrons. The van der Waals surface area contributed by atoms with Gasteiger partial charge in [-0.3, -0.25) is 0 Å². The summed E-state index contributed by atoms with van der Waals surface area (Å²) in [4.78, 5) is 3.22. The Morgan fingerprint density at radius 1 is 1.13 bits per heavy atom. The van der Waals surface area contributed by atoms with Crippen LogP contribution >= 0.6 is 11.3 Å². The molecule has 1 N–H and O–H groups in total. The van der Waals surface area contributed by atoms with Crippen molar-refractivity contribution in [2.24, 2.45) is 0 Å². The molecule has 0 aliphatic carbocycles. The quantitative estimate of drug-likeness (QED) is 0.807. The zero-order valence-corrected chi connectivity index (χ0v) is 11.0. The van der Waals surface area contributed by atoms with E-state index in [9.17, 15) is 0 Å². The molecule has 0 fully saturated rings. The monoisotopic (exact) mass is 223 g/mol. The second kappa shape index (κ2) is 4.26. The van der Waals surface area contributed by atoms with E-state index in [0.29, 0.717) is 11.8 Å². The Bertz CT molecular complexity index is 350. The van der Waals surface area contributed by atoms with E-state index in [0.717, 1.165) is 13.1 Å². The minimum atomic E-state index is 0.679. The first-order valence-electron chi connectivity index (χ1n) is 5.96. The molecule has 0 saturated carbocycles. The highest BCUT2D eigenvalue weighted by molar-refractivity contribution is 7.12. The van der Waals surface area contributed by atoms with Crippen LogP contribution in [-0.2, 0) is 13.0 Å². The van der Waals surface area contributed by atoms with Crippen molar-refractivity contribution >= 4 is 11.3 Å². The Hall–Kier alpha value is -0.340. The van der Waals surface area contributed by atoms with Crippen LogP contribution in [0.2, 0.25) is 0 Å². The van der Waals surface area contributed by atoms with Crippen molar-refractivity contribution in [2.75, 3.05) is 6.54 Å². The number of thiophene rings is 1. The Balaban J connectivity index is 2.51. The van der Waals surface area contributed by atoms with E-state index in [-0.39, 0.29) is 0 Å². The highest BCUT2D eigenvalue weighted by Gasteiger charge is 2.23. The lowest BCUT2D eigenvalue weighted by Crippen LogP contribution is -2.22. The van der Waals surface area contributed by atoms with Crippen LogP contribution < -0.4 is 5.32 Å². The summed E-state index contributed by atoms with van der Waals surface area (Å²) in [6.07, 6.45) is 1.23. The summed E-state index contributed by atoms with van der Waals surface area (Å²) in [7, 11) is 0. The van der Waals surface area contributed by atoms with Gasteiger partial charge in [0.1, 0.15) is 0 Å². The Kier molecular flexibility index (Phi) is 3.17. The van der Waals surface area contributed by atoms with Gasteiger partial charge in [0, 0.05) is 16.3 Å². The van der Waals surface area contributed by atoms with Crippen LogP contribution in [0.5, 0.6) is 0 Å². The lowest BCUT2D eigenvalue weighted by Gasteiger charge is -2.17. The van der Waals surface area contributed by atoms with E-state index in [2.05, 4.69) is 33.0 Å². The van der Waals surface area contributed by atoms with Gasteiger partial charge in [0.15, 0.2) is 0 Å². The van der Waals surface area contributed by atoms with Crippen molar-refractivity contribution in [2.45, 2.75) is 52.5 Å². The van der Waals surface area contributed by atoms with Gasteiger partial charge in [-0.15, -0.1) is 11.3 Å². The first kappa shape index (κ1) is 11.2. The standard InChI is InChI=1S/C13H21NS/c1-8(2)12-10-5-6-14-7-11(10)15-13(12)9(3)4/h8-9,14H,5-7H2,1-4H3. The van der Waals surface area contributed by atoms with Crippen LogP contribution in [0.4, 0.5) is 0 Å². The van der Waals surface area contributed by atoms with Crippen molar-refractivity contribution in [1.29, 1.82) is 0 Å². The topological polar surface area (TPSA) is 12.0 Å². The summed E-state index contributed by atoms with van der Waals surface area (Å²) in [5.74, 6) is 1.36. The van der Waals surface area contributed by atoms with Gasteiger partial charge in [-0.2, -0.15) is 0 Å². The molecule has 0 amide bonds. The Morgan fingerprint density at radius 3 is 2.47 bits per heavy atom. The molecule has 1 aromatic rings. The Labute approximate surface area is 96.9 Å². The SMILES string of the molecule is CC(C)c1sc2c(c1C(C)C)CCNC2. The smallest absolute Gasteiger partial charge is 0.0302 e. The van der Waals surface area contributed by atoms with Crippen LogP contribution in [0.25, 0.3) is 0 Å². The first-order valence-corrected chi connectivity index (χ1v) is 6.78. The van der Waals surface area contributed by atoms with Crippen molar-refractivity contribution < 1.29 is 0 Å². The van der Waals surface area contributed by atoms with Gasteiger partial charge in [-0.1, -0.05) is 27.7 Å². The van der Waals surface area contributed by atoms with E-state index >= 15 is 0 Å². The maximum absolute atomic E-state index is 3.47. The predicted octanol–water partition coefficient (Wildman–Crippen LogP) is 3.64. The van der Waals surface area contributed by atoms with Crippen LogP contribution in [0.1, 0.15) is 60.4 Å². The van der Waals surface area contributed by atoms with Crippen LogP contribution in [0.3, 0.4) is 0 Å². The molecule has 2 heterocycles. The molecule has 0 spiro atoms. The molecule has 1 aliphatic rings. The third-order valence-corrected chi connectivity index (χ3v) is 4.65. The fourth-order valence-electron chi connectivity index (χ4n) is 2.44. The van der Waals surface area contributed by atoms with Crippen molar-refractivity contribution in [3.63, 3.8) is 0 Å². The molecule has 1 nitrogen and oxygen atoms in total. The van der Waals surface area contributed by atoms with Gasteiger partial charge >= 0.3 is 0 Å². The highest BCUT2D eigenvalue weighted by atomic mass is 32.1. The van der Waals surface area contributed by atoms with Gasteiger partial charge < -0.3 is 5.32 Å². The number of hydrogen-bond acceptors (Lipinski definition) is 2. The van der Waals surface area contributed by atoms with Gasteiger partial charge in [-0.25, -0.2) is 0 Å². The normalized spacial score (nSPS) is 16.1. The largest absolute Gasteiger partial charge is 0.312 e. The molecule has 15 heavy (non-hydrogen) atoms. The minimum Gasteiger partial charge on any atom is -0.312 e. The minimum absolute atomic E-state index is 0.679. The van der Waals surface area contributed by atoms with E-state index in [1.54, 1.807) is 20.9 Å². The highest BCUT2D eigenvalue weighted by Crippen LogP contribution is 2.39. The maximum atomic E-state index is 3.47. The molecule has 0 aromatic carbocycles. The summed E-state index contributed by atoms with van der Waals surface area (Å²) < 4.78 is 0. The number of nitrogens with one attached hydrogen (secondary N) is 1.